The summed E-state index contributed by atoms with van der Waals surface area (Å²) in [4.78, 5) is 19.6. The number of rotatable bonds is 2. The number of benzene rings is 2. The van der Waals surface area contributed by atoms with Gasteiger partial charge in [0.15, 0.2) is 5.76 Å². The van der Waals surface area contributed by atoms with Gasteiger partial charge in [-0.15, -0.1) is 11.3 Å². The van der Waals surface area contributed by atoms with Crippen molar-refractivity contribution in [3.05, 3.63) is 65.4 Å². The molecule has 0 aliphatic carbocycles. The second-order valence-electron chi connectivity index (χ2n) is 6.76. The first-order valence-electron chi connectivity index (χ1n) is 8.91. The Morgan fingerprint density at radius 2 is 2.00 bits per heavy atom. The van der Waals surface area contributed by atoms with Crippen molar-refractivity contribution >= 4 is 38.4 Å². The minimum absolute atomic E-state index is 0.0213. The van der Waals surface area contributed by atoms with Crippen molar-refractivity contribution in [3.8, 4) is 0 Å². The van der Waals surface area contributed by atoms with Crippen LogP contribution in [0.4, 0.5) is 0 Å². The molecule has 0 bridgehead atoms. The molecule has 26 heavy (non-hydrogen) atoms. The third-order valence-electron chi connectivity index (χ3n) is 5.00. The molecule has 1 fully saturated rings. The molecule has 1 saturated heterocycles. The highest BCUT2D eigenvalue weighted by Crippen LogP contribution is 2.33. The molecule has 2 aromatic heterocycles. The maximum absolute atomic E-state index is 12.9. The number of fused-ring (bicyclic) bond motifs is 2. The lowest BCUT2D eigenvalue weighted by atomic mass is 9.98. The minimum Gasteiger partial charge on any atom is -0.451 e. The molecule has 0 spiro atoms. The van der Waals surface area contributed by atoms with Gasteiger partial charge in [-0.2, -0.15) is 0 Å². The summed E-state index contributed by atoms with van der Waals surface area (Å²) in [5.74, 6) is 0.706. The molecule has 5 rings (SSSR count). The van der Waals surface area contributed by atoms with Gasteiger partial charge in [0.1, 0.15) is 5.58 Å². The molecule has 130 valence electrons. The van der Waals surface area contributed by atoms with Gasteiger partial charge in [-0.1, -0.05) is 30.3 Å². The molecule has 4 nitrogen and oxygen atoms in total. The minimum atomic E-state index is -0.0213. The van der Waals surface area contributed by atoms with Crippen molar-refractivity contribution in [1.29, 1.82) is 0 Å². The number of amides is 1. The van der Waals surface area contributed by atoms with Crippen LogP contribution >= 0.6 is 11.3 Å². The molecule has 0 N–H and O–H groups in total. The van der Waals surface area contributed by atoms with Crippen LogP contribution in [-0.2, 0) is 0 Å². The Bertz CT molecular complexity index is 1030. The second kappa shape index (κ2) is 6.25. The molecule has 1 aliphatic rings. The van der Waals surface area contributed by atoms with Crippen LogP contribution in [0.25, 0.3) is 21.2 Å². The van der Waals surface area contributed by atoms with Gasteiger partial charge in [0.2, 0.25) is 0 Å². The molecule has 4 aromatic rings. The van der Waals surface area contributed by atoms with Crippen molar-refractivity contribution < 1.29 is 9.21 Å². The van der Waals surface area contributed by atoms with E-state index in [1.165, 1.54) is 4.70 Å². The third-order valence-corrected chi connectivity index (χ3v) is 6.20. The summed E-state index contributed by atoms with van der Waals surface area (Å²) in [7, 11) is 0. The number of para-hydroxylation sites is 2. The number of piperidine rings is 1. The van der Waals surface area contributed by atoms with Gasteiger partial charge in [0.05, 0.1) is 15.2 Å². The number of nitrogens with zero attached hydrogens (tertiary/aromatic N) is 2. The average molecular weight is 362 g/mol. The molecule has 0 radical (unpaired) electrons. The standard InChI is InChI=1S/C21H18N2O2S/c24-21(18-12-14-6-1-3-9-17(14)25-18)23-11-5-7-15(13-23)20-22-16-8-2-4-10-19(16)26-20/h1-4,6,8-10,12,15H,5,7,11,13H2/t15-/m0/s1. The van der Waals surface area contributed by atoms with Gasteiger partial charge in [-0.25, -0.2) is 4.98 Å². The average Bonchev–Trinajstić information content (AvgIpc) is 3.31. The number of likely N-dealkylation sites (tertiary alicyclic amines) is 1. The lowest BCUT2D eigenvalue weighted by molar-refractivity contribution is 0.0677. The fourth-order valence-corrected chi connectivity index (χ4v) is 4.76. The van der Waals surface area contributed by atoms with E-state index in [1.54, 1.807) is 11.3 Å². The summed E-state index contributed by atoms with van der Waals surface area (Å²) in [6.45, 7) is 1.48. The zero-order valence-electron chi connectivity index (χ0n) is 14.2. The zero-order chi connectivity index (χ0) is 17.5. The summed E-state index contributed by atoms with van der Waals surface area (Å²) < 4.78 is 6.98. The number of aromatic nitrogens is 1. The van der Waals surface area contributed by atoms with Gasteiger partial charge in [0, 0.05) is 24.4 Å². The van der Waals surface area contributed by atoms with Crippen molar-refractivity contribution in [2.75, 3.05) is 13.1 Å². The first-order valence-corrected chi connectivity index (χ1v) is 9.73. The van der Waals surface area contributed by atoms with E-state index < -0.39 is 0 Å². The van der Waals surface area contributed by atoms with Crippen LogP contribution in [0, 0.1) is 0 Å². The van der Waals surface area contributed by atoms with E-state index in [1.807, 2.05) is 47.4 Å². The first kappa shape index (κ1) is 15.6. The number of carbonyl (C=O) groups is 1. The molecule has 1 aliphatic heterocycles. The quantitative estimate of drug-likeness (QED) is 0.500. The topological polar surface area (TPSA) is 46.3 Å². The predicted octanol–water partition coefficient (Wildman–Crippen LogP) is 5.06. The van der Waals surface area contributed by atoms with E-state index in [0.29, 0.717) is 18.2 Å². The monoisotopic (exact) mass is 362 g/mol. The molecule has 2 aromatic carbocycles. The van der Waals surface area contributed by atoms with Crippen LogP contribution in [0.3, 0.4) is 0 Å². The van der Waals surface area contributed by atoms with Crippen LogP contribution in [0.5, 0.6) is 0 Å². The first-order chi connectivity index (χ1) is 12.8. The molecular weight excluding hydrogens is 344 g/mol. The summed E-state index contributed by atoms with van der Waals surface area (Å²) in [5, 5.41) is 2.10. The lowest BCUT2D eigenvalue weighted by Crippen LogP contribution is -2.38. The van der Waals surface area contributed by atoms with Crippen molar-refractivity contribution in [1.82, 2.24) is 9.88 Å². The highest BCUT2D eigenvalue weighted by Gasteiger charge is 2.29. The summed E-state index contributed by atoms with van der Waals surface area (Å²) in [5.41, 5.74) is 1.81. The molecule has 5 heteroatoms. The smallest absolute Gasteiger partial charge is 0.289 e. The van der Waals surface area contributed by atoms with Crippen molar-refractivity contribution in [2.24, 2.45) is 0 Å². The van der Waals surface area contributed by atoms with Gasteiger partial charge in [-0.05, 0) is 37.1 Å². The fourth-order valence-electron chi connectivity index (χ4n) is 3.67. The second-order valence-corrected chi connectivity index (χ2v) is 7.82. The number of furan rings is 1. The van der Waals surface area contributed by atoms with Gasteiger partial charge in [-0.3, -0.25) is 4.79 Å². The van der Waals surface area contributed by atoms with Crippen molar-refractivity contribution in [3.63, 3.8) is 0 Å². The van der Waals surface area contributed by atoms with Crippen LogP contribution in [0.2, 0.25) is 0 Å². The Morgan fingerprint density at radius 1 is 1.15 bits per heavy atom. The molecule has 1 atom stereocenters. The normalized spacial score (nSPS) is 17.8. The predicted molar refractivity (Wildman–Crippen MR) is 104 cm³/mol. The molecule has 0 unspecified atom stereocenters. The van der Waals surface area contributed by atoms with Crippen molar-refractivity contribution in [2.45, 2.75) is 18.8 Å². The lowest BCUT2D eigenvalue weighted by Gasteiger charge is -2.31. The van der Waals surface area contributed by atoms with E-state index >= 15 is 0 Å². The van der Waals surface area contributed by atoms with Gasteiger partial charge < -0.3 is 9.32 Å². The van der Waals surface area contributed by atoms with Gasteiger partial charge in [0.25, 0.3) is 5.91 Å². The summed E-state index contributed by atoms with van der Waals surface area (Å²) >= 11 is 1.74. The Morgan fingerprint density at radius 3 is 2.88 bits per heavy atom. The fraction of sp³-hybridized carbons (Fsp3) is 0.238. The Kier molecular flexibility index (Phi) is 3.75. The van der Waals surface area contributed by atoms with E-state index in [9.17, 15) is 4.79 Å². The SMILES string of the molecule is O=C(c1cc2ccccc2o1)N1CCC[C@H](c2nc3ccccc3s2)C1. The highest BCUT2D eigenvalue weighted by molar-refractivity contribution is 7.18. The van der Waals surface area contributed by atoms with E-state index in [0.717, 1.165) is 40.9 Å². The molecular formula is C21H18N2O2S. The maximum atomic E-state index is 12.9. The number of hydrogen-bond donors (Lipinski definition) is 0. The van der Waals surface area contributed by atoms with Crippen LogP contribution in [0.1, 0.15) is 34.3 Å². The number of carbonyl (C=O) groups excluding carboxylic acids is 1. The summed E-state index contributed by atoms with van der Waals surface area (Å²) in [6, 6.07) is 17.8. The maximum Gasteiger partial charge on any atom is 0.289 e. The van der Waals surface area contributed by atoms with E-state index in [4.69, 9.17) is 9.40 Å². The van der Waals surface area contributed by atoms with Gasteiger partial charge >= 0.3 is 0 Å². The number of thiazole rings is 1. The Hall–Kier alpha value is -2.66. The summed E-state index contributed by atoms with van der Waals surface area (Å²) in [6.07, 6.45) is 2.07. The molecule has 3 heterocycles. The molecule has 1 amide bonds. The highest BCUT2D eigenvalue weighted by atomic mass is 32.1. The number of hydrogen-bond acceptors (Lipinski definition) is 4. The van der Waals surface area contributed by atoms with Crippen LogP contribution in [0.15, 0.2) is 59.0 Å². The largest absolute Gasteiger partial charge is 0.451 e. The Labute approximate surface area is 155 Å². The Balaban J connectivity index is 1.40. The van der Waals surface area contributed by atoms with E-state index in [-0.39, 0.29) is 5.91 Å². The third kappa shape index (κ3) is 2.69. The molecule has 0 saturated carbocycles. The van der Waals surface area contributed by atoms with Crippen LogP contribution < -0.4 is 0 Å². The van der Waals surface area contributed by atoms with E-state index in [2.05, 4.69) is 12.1 Å². The zero-order valence-corrected chi connectivity index (χ0v) is 15.0. The van der Waals surface area contributed by atoms with Crippen LogP contribution in [-0.4, -0.2) is 28.9 Å².